The standard InChI is InChI=1S/C10H20N4O3/c1-4-12-8(15)6-14(5-2)10(16)7(3)9(11)13-17/h7,17H,4-6H2,1-3H3,(H2,11,13)(H,12,15). The van der Waals surface area contributed by atoms with Crippen LogP contribution in [0.1, 0.15) is 20.8 Å². The zero-order valence-corrected chi connectivity index (χ0v) is 10.4. The van der Waals surface area contributed by atoms with Gasteiger partial charge < -0.3 is 21.2 Å². The minimum Gasteiger partial charge on any atom is -0.409 e. The number of nitrogens with zero attached hydrogens (tertiary/aromatic N) is 2. The molecule has 7 heteroatoms. The largest absolute Gasteiger partial charge is 0.409 e. The van der Waals surface area contributed by atoms with Crippen molar-refractivity contribution in [2.24, 2.45) is 16.8 Å². The maximum atomic E-state index is 11.9. The van der Waals surface area contributed by atoms with Crippen molar-refractivity contribution in [3.63, 3.8) is 0 Å². The zero-order chi connectivity index (χ0) is 13.4. The Kier molecular flexibility index (Phi) is 6.69. The molecule has 98 valence electrons. The minimum atomic E-state index is -0.741. The molecule has 0 aromatic rings. The van der Waals surface area contributed by atoms with Crippen LogP contribution in [0.5, 0.6) is 0 Å². The molecular weight excluding hydrogens is 224 g/mol. The number of oxime groups is 1. The van der Waals surface area contributed by atoms with Gasteiger partial charge in [-0.3, -0.25) is 9.59 Å². The molecule has 0 aliphatic heterocycles. The van der Waals surface area contributed by atoms with Gasteiger partial charge in [0.15, 0.2) is 5.84 Å². The van der Waals surface area contributed by atoms with E-state index in [9.17, 15) is 9.59 Å². The lowest BCUT2D eigenvalue weighted by molar-refractivity contribution is -0.137. The third-order valence-corrected chi connectivity index (χ3v) is 2.33. The maximum absolute atomic E-state index is 11.9. The Balaban J connectivity index is 4.55. The van der Waals surface area contributed by atoms with E-state index in [1.165, 1.54) is 11.8 Å². The first-order chi connectivity index (χ1) is 7.97. The van der Waals surface area contributed by atoms with Crippen LogP contribution >= 0.6 is 0 Å². The number of hydrogen-bond donors (Lipinski definition) is 3. The SMILES string of the molecule is CCNC(=O)CN(CC)C(=O)C(C)C(N)=NO. The lowest BCUT2D eigenvalue weighted by Gasteiger charge is -2.23. The van der Waals surface area contributed by atoms with Crippen molar-refractivity contribution in [1.82, 2.24) is 10.2 Å². The highest BCUT2D eigenvalue weighted by atomic mass is 16.4. The summed E-state index contributed by atoms with van der Waals surface area (Å²) in [6.45, 7) is 5.97. The fourth-order valence-electron chi connectivity index (χ4n) is 1.26. The Bertz CT molecular complexity index is 304. The van der Waals surface area contributed by atoms with E-state index >= 15 is 0 Å². The molecule has 0 heterocycles. The molecule has 0 aromatic carbocycles. The van der Waals surface area contributed by atoms with Crippen molar-refractivity contribution in [2.75, 3.05) is 19.6 Å². The lowest BCUT2D eigenvalue weighted by atomic mass is 10.1. The smallest absolute Gasteiger partial charge is 0.239 e. The van der Waals surface area contributed by atoms with E-state index in [2.05, 4.69) is 10.5 Å². The van der Waals surface area contributed by atoms with Crippen LogP contribution in [-0.4, -0.2) is 47.4 Å². The van der Waals surface area contributed by atoms with Crippen molar-refractivity contribution in [1.29, 1.82) is 0 Å². The summed E-state index contributed by atoms with van der Waals surface area (Å²) in [5.41, 5.74) is 5.35. The maximum Gasteiger partial charge on any atom is 0.239 e. The summed E-state index contributed by atoms with van der Waals surface area (Å²) in [4.78, 5) is 24.6. The van der Waals surface area contributed by atoms with Crippen molar-refractivity contribution in [2.45, 2.75) is 20.8 Å². The number of rotatable bonds is 6. The second kappa shape index (κ2) is 7.48. The predicted molar refractivity (Wildman–Crippen MR) is 63.5 cm³/mol. The summed E-state index contributed by atoms with van der Waals surface area (Å²) in [6, 6.07) is 0. The van der Waals surface area contributed by atoms with Crippen LogP contribution in [0.25, 0.3) is 0 Å². The number of nitrogens with one attached hydrogen (secondary N) is 1. The second-order valence-corrected chi connectivity index (χ2v) is 3.55. The first-order valence-electron chi connectivity index (χ1n) is 5.50. The van der Waals surface area contributed by atoms with E-state index in [4.69, 9.17) is 10.9 Å². The van der Waals surface area contributed by atoms with Crippen LogP contribution < -0.4 is 11.1 Å². The van der Waals surface area contributed by atoms with E-state index in [-0.39, 0.29) is 24.2 Å². The van der Waals surface area contributed by atoms with E-state index in [1.54, 1.807) is 13.8 Å². The molecule has 0 fully saturated rings. The van der Waals surface area contributed by atoms with E-state index < -0.39 is 5.92 Å². The first-order valence-corrected chi connectivity index (χ1v) is 5.50. The van der Waals surface area contributed by atoms with Gasteiger partial charge >= 0.3 is 0 Å². The highest BCUT2D eigenvalue weighted by molar-refractivity contribution is 6.02. The molecule has 0 aliphatic carbocycles. The van der Waals surface area contributed by atoms with Crippen molar-refractivity contribution in [3.05, 3.63) is 0 Å². The Labute approximate surface area is 101 Å². The summed E-state index contributed by atoms with van der Waals surface area (Å²) >= 11 is 0. The third-order valence-electron chi connectivity index (χ3n) is 2.33. The summed E-state index contributed by atoms with van der Waals surface area (Å²) in [5, 5.41) is 13.9. The number of hydrogen-bond acceptors (Lipinski definition) is 4. The third kappa shape index (κ3) is 4.71. The summed E-state index contributed by atoms with van der Waals surface area (Å²) in [7, 11) is 0. The van der Waals surface area contributed by atoms with E-state index in [0.717, 1.165) is 0 Å². The van der Waals surface area contributed by atoms with Crippen LogP contribution in [-0.2, 0) is 9.59 Å². The number of amides is 2. The van der Waals surface area contributed by atoms with Gasteiger partial charge in [-0.15, -0.1) is 0 Å². The van der Waals surface area contributed by atoms with Crippen LogP contribution in [0.4, 0.5) is 0 Å². The molecule has 2 amide bonds. The average Bonchev–Trinajstić information content (AvgIpc) is 2.33. The zero-order valence-electron chi connectivity index (χ0n) is 10.4. The van der Waals surface area contributed by atoms with Gasteiger partial charge in [0.25, 0.3) is 0 Å². The normalized spacial score (nSPS) is 13.0. The number of carbonyl (C=O) groups is 2. The molecule has 0 saturated carbocycles. The molecule has 1 atom stereocenters. The Hall–Kier alpha value is -1.79. The molecule has 0 spiro atoms. The number of carbonyl (C=O) groups excluding carboxylic acids is 2. The van der Waals surface area contributed by atoms with Crippen LogP contribution in [0.3, 0.4) is 0 Å². The monoisotopic (exact) mass is 244 g/mol. The molecule has 4 N–H and O–H groups in total. The molecule has 7 nitrogen and oxygen atoms in total. The number of amidine groups is 1. The van der Waals surface area contributed by atoms with Gasteiger partial charge in [-0.25, -0.2) is 0 Å². The van der Waals surface area contributed by atoms with Gasteiger partial charge in [-0.05, 0) is 20.8 Å². The van der Waals surface area contributed by atoms with Gasteiger partial charge in [0.2, 0.25) is 11.8 Å². The molecule has 0 bridgehead atoms. The van der Waals surface area contributed by atoms with E-state index in [1.807, 2.05) is 0 Å². The van der Waals surface area contributed by atoms with Gasteiger partial charge in [0.1, 0.15) is 0 Å². The van der Waals surface area contributed by atoms with Gasteiger partial charge in [0.05, 0.1) is 12.5 Å². The van der Waals surface area contributed by atoms with Crippen LogP contribution in [0.2, 0.25) is 0 Å². The number of nitrogens with two attached hydrogens (primary N) is 1. The summed E-state index contributed by atoms with van der Waals surface area (Å²) < 4.78 is 0. The number of likely N-dealkylation sites (N-methyl/N-ethyl adjacent to an activating group) is 2. The van der Waals surface area contributed by atoms with Crippen LogP contribution in [0, 0.1) is 5.92 Å². The van der Waals surface area contributed by atoms with Gasteiger partial charge in [-0.1, -0.05) is 5.16 Å². The molecule has 0 saturated heterocycles. The molecule has 1 unspecified atom stereocenters. The molecule has 0 rings (SSSR count). The summed E-state index contributed by atoms with van der Waals surface area (Å²) in [5.74, 6) is -1.47. The average molecular weight is 244 g/mol. The fourth-order valence-corrected chi connectivity index (χ4v) is 1.26. The predicted octanol–water partition coefficient (Wildman–Crippen LogP) is -0.646. The molecule has 0 aromatic heterocycles. The van der Waals surface area contributed by atoms with Gasteiger partial charge in [0, 0.05) is 13.1 Å². The Morgan fingerprint density at radius 3 is 2.47 bits per heavy atom. The van der Waals surface area contributed by atoms with Crippen molar-refractivity contribution in [3.8, 4) is 0 Å². The first kappa shape index (κ1) is 15.2. The Morgan fingerprint density at radius 2 is 2.06 bits per heavy atom. The second-order valence-electron chi connectivity index (χ2n) is 3.55. The highest BCUT2D eigenvalue weighted by Crippen LogP contribution is 2.02. The molecule has 17 heavy (non-hydrogen) atoms. The van der Waals surface area contributed by atoms with Gasteiger partial charge in [-0.2, -0.15) is 0 Å². The molecule has 0 aliphatic rings. The fraction of sp³-hybridized carbons (Fsp3) is 0.700. The quantitative estimate of drug-likeness (QED) is 0.250. The summed E-state index contributed by atoms with van der Waals surface area (Å²) in [6.07, 6.45) is 0. The highest BCUT2D eigenvalue weighted by Gasteiger charge is 2.24. The lowest BCUT2D eigenvalue weighted by Crippen LogP contribution is -2.45. The molecular formula is C10H20N4O3. The van der Waals surface area contributed by atoms with Crippen molar-refractivity contribution < 1.29 is 14.8 Å². The molecule has 0 radical (unpaired) electrons. The minimum absolute atomic E-state index is 0.0216. The van der Waals surface area contributed by atoms with Crippen LogP contribution in [0.15, 0.2) is 5.16 Å². The Morgan fingerprint density at radius 1 is 1.47 bits per heavy atom. The van der Waals surface area contributed by atoms with E-state index in [0.29, 0.717) is 13.1 Å². The van der Waals surface area contributed by atoms with Crippen molar-refractivity contribution >= 4 is 17.6 Å². The topological polar surface area (TPSA) is 108 Å².